The fourth-order valence-corrected chi connectivity index (χ4v) is 11.6. The SMILES string of the molecule is CC/C=C\C/C=C\C/C=C\C/C=C\C/C=C\CCCCCCCCCCCCCCCCCC(=O)OCC(O)COP(=O)(O)OCC(O)COP(=O)(O)OCC(COC(=O)CCC/C=C\C/C=C\C/C=C\C/C=C\C/C=C\CC)OC(=O)CCCCCCC/C=C\CCCCCCCC. The van der Waals surface area contributed by atoms with Gasteiger partial charge in [-0.3, -0.25) is 32.5 Å². The first-order valence-electron chi connectivity index (χ1n) is 38.5. The van der Waals surface area contributed by atoms with E-state index in [1.54, 1.807) is 0 Å². The Morgan fingerprint density at radius 1 is 0.293 bits per heavy atom. The van der Waals surface area contributed by atoms with Gasteiger partial charge in [-0.1, -0.05) is 289 Å². The van der Waals surface area contributed by atoms with Crippen molar-refractivity contribution in [3.8, 4) is 0 Å². The van der Waals surface area contributed by atoms with Crippen LogP contribution in [0, 0.1) is 0 Å². The standard InChI is InChI=1S/C81H138O16P2/c1-4-7-10-13-16-19-22-25-28-30-31-32-33-34-35-36-37-38-39-40-41-42-43-45-48-49-52-55-58-61-64-67-79(84)91-70-76(82)71-93-98(87,88)94-72-77(83)73-95-99(89,90)96-75-78(97-81(86)69-66-63-60-57-54-51-46-27-24-21-18-15-12-9-6-3)74-92-80(85)68-65-62-59-56-53-50-47-44-29-26-23-20-17-14-11-8-5-2/h7-8,10-11,16-17,19-20,25-29,31-32,34-35,46-47,50,56,59,76-78,82-83H,4-6,9,12-15,18,21-24,30,33,36-45,48-49,51-55,57-58,60-75H2,1-3H3,(H,87,88)(H,89,90)/b10-7-,11-8-,19-16-,20-17-,28-25-,29-26-,32-31-,35-34-,46-27-,50-47-,59-56-. The molecule has 99 heavy (non-hydrogen) atoms. The van der Waals surface area contributed by atoms with Gasteiger partial charge in [0.05, 0.1) is 26.4 Å². The van der Waals surface area contributed by atoms with Crippen LogP contribution in [-0.4, -0.2) is 95.9 Å². The van der Waals surface area contributed by atoms with Crippen LogP contribution in [0.15, 0.2) is 134 Å². The molecule has 18 heteroatoms. The van der Waals surface area contributed by atoms with Gasteiger partial charge in [0.1, 0.15) is 25.4 Å². The summed E-state index contributed by atoms with van der Waals surface area (Å²) in [5.41, 5.74) is 0. The molecule has 0 saturated heterocycles. The Balaban J connectivity index is 4.49. The number of hydrogen-bond donors (Lipinski definition) is 4. The predicted molar refractivity (Wildman–Crippen MR) is 408 cm³/mol. The largest absolute Gasteiger partial charge is 0.472 e. The molecule has 0 bridgehead atoms. The highest BCUT2D eigenvalue weighted by molar-refractivity contribution is 7.47. The molecular formula is C81H138O16P2. The first-order chi connectivity index (χ1) is 48.2. The number of phosphoric acid groups is 2. The molecule has 0 amide bonds. The molecule has 0 aliphatic rings. The molecule has 0 heterocycles. The summed E-state index contributed by atoms with van der Waals surface area (Å²) >= 11 is 0. The van der Waals surface area contributed by atoms with Crippen molar-refractivity contribution in [1.82, 2.24) is 0 Å². The summed E-state index contributed by atoms with van der Waals surface area (Å²) < 4.78 is 61.0. The molecule has 5 atom stereocenters. The van der Waals surface area contributed by atoms with Gasteiger partial charge in [0.15, 0.2) is 6.10 Å². The summed E-state index contributed by atoms with van der Waals surface area (Å²) in [7, 11) is -9.80. The van der Waals surface area contributed by atoms with Crippen LogP contribution < -0.4 is 0 Å². The second-order valence-corrected chi connectivity index (χ2v) is 28.3. The van der Waals surface area contributed by atoms with Gasteiger partial charge in [0, 0.05) is 19.3 Å². The molecule has 5 unspecified atom stereocenters. The zero-order valence-corrected chi connectivity index (χ0v) is 63.7. The fraction of sp³-hybridized carbons (Fsp3) is 0.691. The Hall–Kier alpha value is -4.31. The summed E-state index contributed by atoms with van der Waals surface area (Å²) in [6.07, 6.45) is 88.1. The summed E-state index contributed by atoms with van der Waals surface area (Å²) in [6, 6.07) is 0. The smallest absolute Gasteiger partial charge is 0.463 e. The second kappa shape index (κ2) is 73.4. The van der Waals surface area contributed by atoms with E-state index in [9.17, 15) is 43.5 Å². The van der Waals surface area contributed by atoms with Crippen LogP contribution in [0.2, 0.25) is 0 Å². The Morgan fingerprint density at radius 2 is 0.545 bits per heavy atom. The molecule has 4 N–H and O–H groups in total. The average Bonchev–Trinajstić information content (AvgIpc) is 2.96. The highest BCUT2D eigenvalue weighted by Crippen LogP contribution is 2.45. The Morgan fingerprint density at radius 3 is 0.899 bits per heavy atom. The van der Waals surface area contributed by atoms with Gasteiger partial charge >= 0.3 is 33.6 Å². The van der Waals surface area contributed by atoms with Crippen molar-refractivity contribution in [2.45, 2.75) is 322 Å². The minimum atomic E-state index is -4.94. The van der Waals surface area contributed by atoms with Gasteiger partial charge in [-0.25, -0.2) is 9.13 Å². The minimum Gasteiger partial charge on any atom is -0.463 e. The number of hydrogen-bond acceptors (Lipinski definition) is 14. The lowest BCUT2D eigenvalue weighted by atomic mass is 10.0. The van der Waals surface area contributed by atoms with E-state index in [1.807, 2.05) is 12.2 Å². The molecule has 568 valence electrons. The number of carbonyl (C=O) groups is 3. The number of aliphatic hydroxyl groups excluding tert-OH is 2. The van der Waals surface area contributed by atoms with Crippen molar-refractivity contribution < 1.29 is 75.8 Å². The maximum atomic E-state index is 12.9. The number of carbonyl (C=O) groups excluding carboxylic acids is 3. The normalized spacial score (nSPS) is 14.8. The van der Waals surface area contributed by atoms with E-state index in [-0.39, 0.29) is 19.3 Å². The summed E-state index contributed by atoms with van der Waals surface area (Å²) in [6.45, 7) is 2.37. The van der Waals surface area contributed by atoms with E-state index < -0.39 is 91.5 Å². The minimum absolute atomic E-state index is 0.0806. The monoisotopic (exact) mass is 1430 g/mol. The lowest BCUT2D eigenvalue weighted by Crippen LogP contribution is -2.30. The molecule has 0 aliphatic carbocycles. The van der Waals surface area contributed by atoms with E-state index in [0.717, 1.165) is 122 Å². The number of esters is 3. The topological polar surface area (TPSA) is 231 Å². The van der Waals surface area contributed by atoms with Crippen LogP contribution in [0.1, 0.15) is 303 Å². The van der Waals surface area contributed by atoms with Crippen LogP contribution in [0.3, 0.4) is 0 Å². The lowest BCUT2D eigenvalue weighted by Gasteiger charge is -2.21. The Labute approximate surface area is 601 Å². The van der Waals surface area contributed by atoms with Gasteiger partial charge < -0.3 is 34.2 Å². The quantitative estimate of drug-likeness (QED) is 0.0146. The van der Waals surface area contributed by atoms with Crippen LogP contribution >= 0.6 is 15.6 Å². The van der Waals surface area contributed by atoms with Crippen molar-refractivity contribution in [2.24, 2.45) is 0 Å². The number of allylic oxidation sites excluding steroid dienone is 22. The van der Waals surface area contributed by atoms with Crippen LogP contribution in [0.4, 0.5) is 0 Å². The zero-order chi connectivity index (χ0) is 72.3. The van der Waals surface area contributed by atoms with Crippen LogP contribution in [0.25, 0.3) is 0 Å². The first-order valence-corrected chi connectivity index (χ1v) is 41.5. The lowest BCUT2D eigenvalue weighted by molar-refractivity contribution is -0.161. The molecule has 0 aliphatic heterocycles. The van der Waals surface area contributed by atoms with E-state index in [2.05, 4.69) is 142 Å². The molecule has 0 radical (unpaired) electrons. The van der Waals surface area contributed by atoms with Gasteiger partial charge in [-0.15, -0.1) is 0 Å². The van der Waals surface area contributed by atoms with Crippen molar-refractivity contribution in [3.05, 3.63) is 134 Å². The molecule has 0 saturated carbocycles. The molecule has 0 aromatic rings. The molecule has 16 nitrogen and oxygen atoms in total. The van der Waals surface area contributed by atoms with E-state index in [4.69, 9.17) is 32.3 Å². The summed E-state index contributed by atoms with van der Waals surface area (Å²) in [5, 5.41) is 20.6. The van der Waals surface area contributed by atoms with Crippen molar-refractivity contribution in [3.63, 3.8) is 0 Å². The highest BCUT2D eigenvalue weighted by Gasteiger charge is 2.29. The predicted octanol–water partition coefficient (Wildman–Crippen LogP) is 22.3. The van der Waals surface area contributed by atoms with Gasteiger partial charge in [0.25, 0.3) is 0 Å². The van der Waals surface area contributed by atoms with Gasteiger partial charge in [-0.05, 0) is 128 Å². The Bertz CT molecular complexity index is 2330. The molecule has 0 fully saturated rings. The molecular weight excluding hydrogens is 1290 g/mol. The van der Waals surface area contributed by atoms with Crippen LogP contribution in [-0.2, 0) is 55.8 Å². The Kier molecular flexibility index (Phi) is 70.2. The molecule has 0 aromatic heterocycles. The number of ether oxygens (including phenoxy) is 3. The molecule has 0 aromatic carbocycles. The van der Waals surface area contributed by atoms with E-state index >= 15 is 0 Å². The van der Waals surface area contributed by atoms with Crippen molar-refractivity contribution in [1.29, 1.82) is 0 Å². The third-order valence-corrected chi connectivity index (χ3v) is 17.7. The zero-order valence-electron chi connectivity index (χ0n) is 61.9. The maximum Gasteiger partial charge on any atom is 0.472 e. The van der Waals surface area contributed by atoms with Crippen LogP contribution in [0.5, 0.6) is 0 Å². The second-order valence-electron chi connectivity index (χ2n) is 25.4. The molecule has 0 spiro atoms. The van der Waals surface area contributed by atoms with E-state index in [0.29, 0.717) is 25.7 Å². The van der Waals surface area contributed by atoms with Gasteiger partial charge in [-0.2, -0.15) is 0 Å². The summed E-state index contributed by atoms with van der Waals surface area (Å²) in [5.74, 6) is -1.65. The number of rotatable bonds is 72. The maximum absolute atomic E-state index is 12.9. The summed E-state index contributed by atoms with van der Waals surface area (Å²) in [4.78, 5) is 58.5. The third kappa shape index (κ3) is 74.7. The van der Waals surface area contributed by atoms with Crippen molar-refractivity contribution in [2.75, 3.05) is 39.6 Å². The van der Waals surface area contributed by atoms with Gasteiger partial charge in [0.2, 0.25) is 0 Å². The molecule has 0 rings (SSSR count). The van der Waals surface area contributed by atoms with E-state index in [1.165, 1.54) is 116 Å². The highest BCUT2D eigenvalue weighted by atomic mass is 31.2. The average molecular weight is 1430 g/mol. The fourth-order valence-electron chi connectivity index (χ4n) is 10.0. The third-order valence-electron chi connectivity index (χ3n) is 15.8. The number of phosphoric ester groups is 2. The first kappa shape index (κ1) is 94.7. The number of aliphatic hydroxyl groups is 2. The van der Waals surface area contributed by atoms with Crippen molar-refractivity contribution >= 4 is 33.6 Å². The number of unbranched alkanes of at least 4 members (excludes halogenated alkanes) is 27.